The molecule has 1 saturated carbocycles. The van der Waals surface area contributed by atoms with E-state index in [4.69, 9.17) is 14.2 Å². The molecule has 1 aliphatic carbocycles. The molecule has 112 valence electrons. The number of rotatable bonds is 4. The molecule has 3 atom stereocenters. The molecule has 1 aromatic rings. The second kappa shape index (κ2) is 5.48. The Morgan fingerprint density at radius 1 is 1.38 bits per heavy atom. The first-order valence-corrected chi connectivity index (χ1v) is 7.09. The maximum absolute atomic E-state index is 12.1. The summed E-state index contributed by atoms with van der Waals surface area (Å²) < 4.78 is 15.9. The number of ether oxygens (including phenoxy) is 3. The Balaban J connectivity index is 1.72. The molecule has 21 heavy (non-hydrogen) atoms. The third kappa shape index (κ3) is 2.21. The van der Waals surface area contributed by atoms with Gasteiger partial charge >= 0.3 is 11.9 Å². The molecule has 0 amide bonds. The molecule has 1 heterocycles. The standard InChI is InChI=1S/C16H18O5/c1-19-14(17)16-8-7-13(12(16)10-21-15(16)18)20-9-11-5-3-2-4-6-11/h2-6,12-13H,7-10H2,1H3/t12-,13-,16+/m0/s1. The highest BCUT2D eigenvalue weighted by Crippen LogP contribution is 2.50. The molecule has 3 rings (SSSR count). The number of hydrogen-bond donors (Lipinski definition) is 0. The van der Waals surface area contributed by atoms with Gasteiger partial charge in [0.15, 0.2) is 5.41 Å². The SMILES string of the molecule is COC(=O)[C@@]12CC[C@H](OCc3ccccc3)[C@@H]1COC2=O. The zero-order chi connectivity index (χ0) is 14.9. The van der Waals surface area contributed by atoms with E-state index in [-0.39, 0.29) is 18.6 Å². The summed E-state index contributed by atoms with van der Waals surface area (Å²) in [5, 5.41) is 0. The summed E-state index contributed by atoms with van der Waals surface area (Å²) in [6, 6.07) is 9.82. The van der Waals surface area contributed by atoms with E-state index in [9.17, 15) is 9.59 Å². The summed E-state index contributed by atoms with van der Waals surface area (Å²) in [6.45, 7) is 0.695. The van der Waals surface area contributed by atoms with Crippen LogP contribution in [-0.2, 0) is 30.4 Å². The Bertz CT molecular complexity index is 541. The molecular weight excluding hydrogens is 272 g/mol. The van der Waals surface area contributed by atoms with E-state index in [2.05, 4.69) is 0 Å². The minimum atomic E-state index is -1.16. The van der Waals surface area contributed by atoms with Gasteiger partial charge in [-0.1, -0.05) is 30.3 Å². The summed E-state index contributed by atoms with van der Waals surface area (Å²) in [5.74, 6) is -1.22. The van der Waals surface area contributed by atoms with Gasteiger partial charge in [-0.15, -0.1) is 0 Å². The first-order chi connectivity index (χ1) is 10.2. The van der Waals surface area contributed by atoms with Crippen molar-refractivity contribution in [3.63, 3.8) is 0 Å². The van der Waals surface area contributed by atoms with Crippen molar-refractivity contribution < 1.29 is 23.8 Å². The number of cyclic esters (lactones) is 1. The van der Waals surface area contributed by atoms with Crippen LogP contribution in [0.25, 0.3) is 0 Å². The van der Waals surface area contributed by atoms with Crippen molar-refractivity contribution in [1.29, 1.82) is 0 Å². The van der Waals surface area contributed by atoms with Gasteiger partial charge in [0.2, 0.25) is 0 Å². The molecule has 0 unspecified atom stereocenters. The fourth-order valence-electron chi connectivity index (χ4n) is 3.37. The zero-order valence-corrected chi connectivity index (χ0v) is 11.9. The van der Waals surface area contributed by atoms with Gasteiger partial charge in [-0.05, 0) is 18.4 Å². The quantitative estimate of drug-likeness (QED) is 0.624. The fraction of sp³-hybridized carbons (Fsp3) is 0.500. The number of fused-ring (bicyclic) bond motifs is 1. The molecule has 0 N–H and O–H groups in total. The van der Waals surface area contributed by atoms with Gasteiger partial charge in [0.25, 0.3) is 0 Å². The van der Waals surface area contributed by atoms with Gasteiger partial charge < -0.3 is 14.2 Å². The Hall–Kier alpha value is -1.88. The van der Waals surface area contributed by atoms with E-state index in [0.717, 1.165) is 5.56 Å². The molecule has 0 spiro atoms. The minimum absolute atomic E-state index is 0.157. The minimum Gasteiger partial charge on any atom is -0.468 e. The van der Waals surface area contributed by atoms with Crippen LogP contribution in [0.3, 0.4) is 0 Å². The van der Waals surface area contributed by atoms with Crippen molar-refractivity contribution in [2.45, 2.75) is 25.6 Å². The topological polar surface area (TPSA) is 61.8 Å². The lowest BCUT2D eigenvalue weighted by Gasteiger charge is -2.23. The molecule has 0 bridgehead atoms. The van der Waals surface area contributed by atoms with Crippen molar-refractivity contribution in [2.24, 2.45) is 11.3 Å². The molecule has 1 aromatic carbocycles. The molecule has 0 radical (unpaired) electrons. The predicted molar refractivity (Wildman–Crippen MR) is 73.2 cm³/mol. The van der Waals surface area contributed by atoms with Crippen LogP contribution in [0.15, 0.2) is 30.3 Å². The number of carbonyl (C=O) groups excluding carboxylic acids is 2. The normalized spacial score (nSPS) is 30.8. The average Bonchev–Trinajstić information content (AvgIpc) is 3.05. The van der Waals surface area contributed by atoms with Crippen molar-refractivity contribution >= 4 is 11.9 Å². The highest BCUT2D eigenvalue weighted by atomic mass is 16.6. The van der Waals surface area contributed by atoms with Gasteiger partial charge in [0.05, 0.1) is 26.4 Å². The first-order valence-electron chi connectivity index (χ1n) is 7.09. The Kier molecular flexibility index (Phi) is 3.68. The van der Waals surface area contributed by atoms with E-state index in [1.54, 1.807) is 0 Å². The van der Waals surface area contributed by atoms with E-state index in [1.165, 1.54) is 7.11 Å². The van der Waals surface area contributed by atoms with Gasteiger partial charge in [-0.3, -0.25) is 9.59 Å². The van der Waals surface area contributed by atoms with E-state index in [0.29, 0.717) is 19.4 Å². The Labute approximate surface area is 123 Å². The lowest BCUT2D eigenvalue weighted by molar-refractivity contribution is -0.164. The van der Waals surface area contributed by atoms with Gasteiger partial charge in [0, 0.05) is 5.92 Å². The largest absolute Gasteiger partial charge is 0.468 e. The molecule has 2 aliphatic rings. The number of hydrogen-bond acceptors (Lipinski definition) is 5. The smallest absolute Gasteiger partial charge is 0.324 e. The van der Waals surface area contributed by atoms with Crippen LogP contribution in [0.2, 0.25) is 0 Å². The van der Waals surface area contributed by atoms with Gasteiger partial charge in [0.1, 0.15) is 0 Å². The molecular formula is C16H18O5. The second-order valence-electron chi connectivity index (χ2n) is 5.54. The van der Waals surface area contributed by atoms with E-state index >= 15 is 0 Å². The number of esters is 2. The lowest BCUT2D eigenvalue weighted by atomic mass is 9.79. The number of methoxy groups -OCH3 is 1. The zero-order valence-electron chi connectivity index (χ0n) is 11.9. The Morgan fingerprint density at radius 2 is 2.14 bits per heavy atom. The number of benzene rings is 1. The summed E-state index contributed by atoms with van der Waals surface area (Å²) in [5.41, 5.74) is -0.0888. The van der Waals surface area contributed by atoms with Crippen molar-refractivity contribution in [3.8, 4) is 0 Å². The third-order valence-corrected chi connectivity index (χ3v) is 4.52. The fourth-order valence-corrected chi connectivity index (χ4v) is 3.37. The highest BCUT2D eigenvalue weighted by molar-refractivity contribution is 6.02. The van der Waals surface area contributed by atoms with Crippen LogP contribution in [0.1, 0.15) is 18.4 Å². The van der Waals surface area contributed by atoms with Crippen molar-refractivity contribution in [2.75, 3.05) is 13.7 Å². The molecule has 2 fully saturated rings. The first kappa shape index (κ1) is 14.1. The molecule has 5 heteroatoms. The Morgan fingerprint density at radius 3 is 2.86 bits per heavy atom. The van der Waals surface area contributed by atoms with Crippen LogP contribution in [-0.4, -0.2) is 31.8 Å². The summed E-state index contributed by atoms with van der Waals surface area (Å²) in [6.07, 6.45) is 0.945. The highest BCUT2D eigenvalue weighted by Gasteiger charge is 2.65. The average molecular weight is 290 g/mol. The lowest BCUT2D eigenvalue weighted by Crippen LogP contribution is -2.41. The molecule has 0 aromatic heterocycles. The number of carbonyl (C=O) groups is 2. The maximum atomic E-state index is 12.1. The van der Waals surface area contributed by atoms with Crippen LogP contribution in [0.5, 0.6) is 0 Å². The maximum Gasteiger partial charge on any atom is 0.324 e. The summed E-state index contributed by atoms with van der Waals surface area (Å²) >= 11 is 0. The molecule has 5 nitrogen and oxygen atoms in total. The monoisotopic (exact) mass is 290 g/mol. The van der Waals surface area contributed by atoms with Crippen molar-refractivity contribution in [3.05, 3.63) is 35.9 Å². The van der Waals surface area contributed by atoms with E-state index < -0.39 is 17.4 Å². The van der Waals surface area contributed by atoms with Crippen molar-refractivity contribution in [1.82, 2.24) is 0 Å². The van der Waals surface area contributed by atoms with Crippen LogP contribution < -0.4 is 0 Å². The molecule has 1 aliphatic heterocycles. The van der Waals surface area contributed by atoms with Crippen LogP contribution in [0.4, 0.5) is 0 Å². The third-order valence-electron chi connectivity index (χ3n) is 4.52. The second-order valence-corrected chi connectivity index (χ2v) is 5.54. The summed E-state index contributed by atoms with van der Waals surface area (Å²) in [4.78, 5) is 24.1. The van der Waals surface area contributed by atoms with E-state index in [1.807, 2.05) is 30.3 Å². The van der Waals surface area contributed by atoms with Crippen LogP contribution >= 0.6 is 0 Å². The molecule has 1 saturated heterocycles. The summed E-state index contributed by atoms with van der Waals surface area (Å²) in [7, 11) is 1.30. The van der Waals surface area contributed by atoms with Crippen LogP contribution in [0, 0.1) is 11.3 Å². The predicted octanol–water partition coefficient (Wildman–Crippen LogP) is 1.70. The van der Waals surface area contributed by atoms with Gasteiger partial charge in [-0.2, -0.15) is 0 Å². The van der Waals surface area contributed by atoms with Gasteiger partial charge in [-0.25, -0.2) is 0 Å².